The molecular formula is C20H26N2O5. The third-order valence-electron chi connectivity index (χ3n) is 5.26. The summed E-state index contributed by atoms with van der Waals surface area (Å²) in [6.45, 7) is 5.03. The number of ether oxygens (including phenoxy) is 1. The SMILES string of the molecule is CC1CN(C(=O)c2ccc(NC(=O)[C@@H]3CC[C@H](C(=O)O)C3)cc2)CC(C)O1. The van der Waals surface area contributed by atoms with Crippen molar-refractivity contribution in [1.29, 1.82) is 0 Å². The van der Waals surface area contributed by atoms with E-state index in [-0.39, 0.29) is 29.9 Å². The highest BCUT2D eigenvalue weighted by Gasteiger charge is 2.34. The molecule has 7 heteroatoms. The highest BCUT2D eigenvalue weighted by atomic mass is 16.5. The van der Waals surface area contributed by atoms with Gasteiger partial charge in [-0.25, -0.2) is 0 Å². The molecule has 2 fully saturated rings. The zero-order chi connectivity index (χ0) is 19.6. The summed E-state index contributed by atoms with van der Waals surface area (Å²) >= 11 is 0. The quantitative estimate of drug-likeness (QED) is 0.844. The number of aliphatic carboxylic acids is 1. The number of morpholine rings is 1. The first kappa shape index (κ1) is 19.4. The fourth-order valence-electron chi connectivity index (χ4n) is 3.91. The molecule has 3 rings (SSSR count). The Morgan fingerprint density at radius 1 is 1.04 bits per heavy atom. The van der Waals surface area contributed by atoms with Crippen molar-refractivity contribution in [2.75, 3.05) is 18.4 Å². The molecule has 4 atom stereocenters. The van der Waals surface area contributed by atoms with Crippen molar-refractivity contribution < 1.29 is 24.2 Å². The van der Waals surface area contributed by atoms with Gasteiger partial charge in [0.25, 0.3) is 5.91 Å². The molecule has 1 heterocycles. The van der Waals surface area contributed by atoms with Crippen LogP contribution in [-0.2, 0) is 14.3 Å². The second-order valence-electron chi connectivity index (χ2n) is 7.58. The van der Waals surface area contributed by atoms with Crippen LogP contribution in [0.15, 0.2) is 24.3 Å². The largest absolute Gasteiger partial charge is 0.481 e. The highest BCUT2D eigenvalue weighted by molar-refractivity contribution is 5.96. The van der Waals surface area contributed by atoms with Gasteiger partial charge in [0, 0.05) is 30.3 Å². The molecule has 7 nitrogen and oxygen atoms in total. The third kappa shape index (κ3) is 4.66. The Hall–Kier alpha value is -2.41. The van der Waals surface area contributed by atoms with Crippen LogP contribution >= 0.6 is 0 Å². The van der Waals surface area contributed by atoms with E-state index in [0.717, 1.165) is 0 Å². The molecule has 1 saturated carbocycles. The Bertz CT molecular complexity index is 708. The summed E-state index contributed by atoms with van der Waals surface area (Å²) in [7, 11) is 0. The smallest absolute Gasteiger partial charge is 0.306 e. The van der Waals surface area contributed by atoms with Gasteiger partial charge in [0.2, 0.25) is 5.91 Å². The number of hydrogen-bond donors (Lipinski definition) is 2. The minimum atomic E-state index is -0.833. The number of carboxylic acids is 1. The Balaban J connectivity index is 1.58. The molecule has 2 N–H and O–H groups in total. The van der Waals surface area contributed by atoms with Crippen LogP contribution in [0.4, 0.5) is 5.69 Å². The van der Waals surface area contributed by atoms with Crippen LogP contribution in [0.3, 0.4) is 0 Å². The van der Waals surface area contributed by atoms with Gasteiger partial charge in [-0.05, 0) is 57.4 Å². The average Bonchev–Trinajstić information content (AvgIpc) is 3.11. The predicted octanol–water partition coefficient (Wildman–Crippen LogP) is 2.38. The predicted molar refractivity (Wildman–Crippen MR) is 99.5 cm³/mol. The lowest BCUT2D eigenvalue weighted by Gasteiger charge is -2.35. The van der Waals surface area contributed by atoms with Crippen LogP contribution in [0.25, 0.3) is 0 Å². The molecule has 1 aromatic carbocycles. The van der Waals surface area contributed by atoms with Gasteiger partial charge in [-0.15, -0.1) is 0 Å². The minimum Gasteiger partial charge on any atom is -0.481 e. The molecule has 0 aromatic heterocycles. The van der Waals surface area contributed by atoms with Crippen LogP contribution in [0.2, 0.25) is 0 Å². The van der Waals surface area contributed by atoms with Gasteiger partial charge in [0.1, 0.15) is 0 Å². The molecule has 27 heavy (non-hydrogen) atoms. The molecule has 1 aliphatic heterocycles. The Morgan fingerprint density at radius 2 is 1.63 bits per heavy atom. The monoisotopic (exact) mass is 374 g/mol. The molecule has 2 unspecified atom stereocenters. The van der Waals surface area contributed by atoms with Crippen LogP contribution < -0.4 is 5.32 Å². The lowest BCUT2D eigenvalue weighted by Crippen LogP contribution is -2.48. The number of nitrogens with one attached hydrogen (secondary N) is 1. The van der Waals surface area contributed by atoms with Crippen molar-refractivity contribution in [1.82, 2.24) is 4.90 Å². The minimum absolute atomic E-state index is 0.0114. The van der Waals surface area contributed by atoms with E-state index in [1.807, 2.05) is 13.8 Å². The average molecular weight is 374 g/mol. The summed E-state index contributed by atoms with van der Waals surface area (Å²) < 4.78 is 5.66. The van der Waals surface area contributed by atoms with E-state index in [1.54, 1.807) is 29.2 Å². The molecule has 2 aliphatic rings. The van der Waals surface area contributed by atoms with E-state index in [9.17, 15) is 14.4 Å². The van der Waals surface area contributed by atoms with Gasteiger partial charge in [-0.2, -0.15) is 0 Å². The Kier molecular flexibility index (Phi) is 5.79. The molecule has 1 aliphatic carbocycles. The second-order valence-corrected chi connectivity index (χ2v) is 7.58. The van der Waals surface area contributed by atoms with Gasteiger partial charge >= 0.3 is 5.97 Å². The number of carbonyl (C=O) groups is 3. The number of carboxylic acid groups (broad SMARTS) is 1. The normalized spacial score (nSPS) is 28.0. The summed E-state index contributed by atoms with van der Waals surface area (Å²) in [5.74, 6) is -1.74. The summed E-state index contributed by atoms with van der Waals surface area (Å²) in [4.78, 5) is 37.8. The summed E-state index contributed by atoms with van der Waals surface area (Å²) in [6.07, 6.45) is 1.53. The zero-order valence-corrected chi connectivity index (χ0v) is 15.7. The molecular weight excluding hydrogens is 348 g/mol. The van der Waals surface area contributed by atoms with Gasteiger partial charge < -0.3 is 20.1 Å². The Labute approximate surface area is 158 Å². The first-order valence-corrected chi connectivity index (χ1v) is 9.42. The third-order valence-corrected chi connectivity index (χ3v) is 5.26. The van der Waals surface area contributed by atoms with Crippen molar-refractivity contribution in [3.63, 3.8) is 0 Å². The molecule has 0 spiro atoms. The van der Waals surface area contributed by atoms with E-state index in [4.69, 9.17) is 9.84 Å². The van der Waals surface area contributed by atoms with Gasteiger partial charge in [-0.3, -0.25) is 14.4 Å². The maximum absolute atomic E-state index is 12.7. The second kappa shape index (κ2) is 8.08. The lowest BCUT2D eigenvalue weighted by atomic mass is 10.0. The van der Waals surface area contributed by atoms with Gasteiger partial charge in [0.15, 0.2) is 0 Å². The number of rotatable bonds is 4. The molecule has 0 bridgehead atoms. The van der Waals surface area contributed by atoms with E-state index < -0.39 is 11.9 Å². The van der Waals surface area contributed by atoms with Crippen LogP contribution in [0.1, 0.15) is 43.5 Å². The van der Waals surface area contributed by atoms with Gasteiger partial charge in [0.05, 0.1) is 18.1 Å². The van der Waals surface area contributed by atoms with Crippen LogP contribution in [0, 0.1) is 11.8 Å². The first-order chi connectivity index (χ1) is 12.8. The topological polar surface area (TPSA) is 95.9 Å². The van der Waals surface area contributed by atoms with Crippen LogP contribution in [0.5, 0.6) is 0 Å². The van der Waals surface area contributed by atoms with Crippen molar-refractivity contribution in [2.45, 2.75) is 45.3 Å². The number of nitrogens with zero attached hydrogens (tertiary/aromatic N) is 1. The van der Waals surface area contributed by atoms with Crippen molar-refractivity contribution >= 4 is 23.5 Å². The van der Waals surface area contributed by atoms with E-state index in [2.05, 4.69) is 5.32 Å². The number of carbonyl (C=O) groups excluding carboxylic acids is 2. The molecule has 0 radical (unpaired) electrons. The van der Waals surface area contributed by atoms with Crippen molar-refractivity contribution in [3.05, 3.63) is 29.8 Å². The molecule has 1 saturated heterocycles. The van der Waals surface area contributed by atoms with Gasteiger partial charge in [-0.1, -0.05) is 0 Å². The van der Waals surface area contributed by atoms with E-state index >= 15 is 0 Å². The number of anilines is 1. The highest BCUT2D eigenvalue weighted by Crippen LogP contribution is 2.32. The number of hydrogen-bond acceptors (Lipinski definition) is 4. The van der Waals surface area contributed by atoms with Crippen LogP contribution in [-0.4, -0.2) is 53.1 Å². The molecule has 2 amide bonds. The molecule has 146 valence electrons. The van der Waals surface area contributed by atoms with Crippen molar-refractivity contribution in [2.24, 2.45) is 11.8 Å². The fraction of sp³-hybridized carbons (Fsp3) is 0.550. The standard InChI is InChI=1S/C20H26N2O5/c1-12-10-22(11-13(2)27-12)19(24)14-5-7-17(8-6-14)21-18(23)15-3-4-16(9-15)20(25)26/h5-8,12-13,15-16H,3-4,9-11H2,1-2H3,(H,21,23)(H,25,26)/t12?,13?,15-,16+/m1/s1. The Morgan fingerprint density at radius 3 is 2.19 bits per heavy atom. The first-order valence-electron chi connectivity index (χ1n) is 9.42. The van der Waals surface area contributed by atoms with E-state index in [1.165, 1.54) is 0 Å². The van der Waals surface area contributed by atoms with E-state index in [0.29, 0.717) is 43.6 Å². The van der Waals surface area contributed by atoms with Crippen molar-refractivity contribution in [3.8, 4) is 0 Å². The fourth-order valence-corrected chi connectivity index (χ4v) is 3.91. The summed E-state index contributed by atoms with van der Waals surface area (Å²) in [5, 5.41) is 11.9. The summed E-state index contributed by atoms with van der Waals surface area (Å²) in [5.41, 5.74) is 1.18. The zero-order valence-electron chi connectivity index (χ0n) is 15.7. The number of amides is 2. The maximum Gasteiger partial charge on any atom is 0.306 e. The maximum atomic E-state index is 12.7. The lowest BCUT2D eigenvalue weighted by molar-refractivity contribution is -0.141. The molecule has 1 aromatic rings. The summed E-state index contributed by atoms with van der Waals surface area (Å²) in [6, 6.07) is 6.83. The number of benzene rings is 1.